The summed E-state index contributed by atoms with van der Waals surface area (Å²) >= 11 is 3.11. The maximum absolute atomic E-state index is 11.7. The summed E-state index contributed by atoms with van der Waals surface area (Å²) in [5.41, 5.74) is 1.01. The lowest BCUT2D eigenvalue weighted by Gasteiger charge is -2.03. The molecule has 0 spiro atoms. The van der Waals surface area contributed by atoms with Crippen molar-refractivity contribution in [3.8, 4) is 0 Å². The number of hydrogen-bond acceptors (Lipinski definition) is 4. The third kappa shape index (κ3) is 3.57. The molecule has 0 aliphatic carbocycles. The number of hydrogen-bond donors (Lipinski definition) is 1. The normalized spacial score (nSPS) is 10.2. The highest BCUT2D eigenvalue weighted by Crippen LogP contribution is 2.16. The fraction of sp³-hybridized carbons (Fsp3) is 0.167. The Hall–Kier alpha value is -1.33. The number of nitrogens with zero attached hydrogens (tertiary/aromatic N) is 1. The third-order valence-corrected chi connectivity index (χ3v) is 3.63. The van der Waals surface area contributed by atoms with Gasteiger partial charge in [0.25, 0.3) is 0 Å². The highest BCUT2D eigenvalue weighted by atomic mass is 32.2. The molecule has 0 saturated heterocycles. The van der Waals surface area contributed by atoms with Crippen LogP contribution >= 0.6 is 23.1 Å². The predicted molar refractivity (Wildman–Crippen MR) is 72.7 cm³/mol. The van der Waals surface area contributed by atoms with Crippen molar-refractivity contribution in [2.45, 2.75) is 11.3 Å². The number of anilines is 1. The Kier molecular flexibility index (Phi) is 4.17. The lowest BCUT2D eigenvalue weighted by atomic mass is 10.1. The second-order valence-electron chi connectivity index (χ2n) is 3.41. The molecule has 1 N–H and O–H groups in total. The molecule has 1 amide bonds. The van der Waals surface area contributed by atoms with Gasteiger partial charge in [-0.25, -0.2) is 4.98 Å². The SMILES string of the molecule is CSc1ccc(CC(=O)Nc2nccs2)cc1. The van der Waals surface area contributed by atoms with Crippen molar-refractivity contribution in [3.63, 3.8) is 0 Å². The monoisotopic (exact) mass is 264 g/mol. The Morgan fingerprint density at radius 1 is 1.41 bits per heavy atom. The van der Waals surface area contributed by atoms with Crippen molar-refractivity contribution in [2.75, 3.05) is 11.6 Å². The van der Waals surface area contributed by atoms with Gasteiger partial charge in [-0.3, -0.25) is 4.79 Å². The summed E-state index contributed by atoms with van der Waals surface area (Å²) in [6.07, 6.45) is 4.09. The van der Waals surface area contributed by atoms with Gasteiger partial charge >= 0.3 is 0 Å². The lowest BCUT2D eigenvalue weighted by Crippen LogP contribution is -2.14. The largest absolute Gasteiger partial charge is 0.302 e. The van der Waals surface area contributed by atoms with Crippen LogP contribution in [0.4, 0.5) is 5.13 Å². The molecule has 0 bridgehead atoms. The molecule has 0 fully saturated rings. The van der Waals surface area contributed by atoms with Crippen molar-refractivity contribution in [1.82, 2.24) is 4.98 Å². The minimum Gasteiger partial charge on any atom is -0.302 e. The zero-order chi connectivity index (χ0) is 12.1. The number of carbonyl (C=O) groups excluding carboxylic acids is 1. The molecule has 0 radical (unpaired) electrons. The number of aromatic nitrogens is 1. The average molecular weight is 264 g/mol. The van der Waals surface area contributed by atoms with E-state index in [0.29, 0.717) is 11.6 Å². The van der Waals surface area contributed by atoms with E-state index < -0.39 is 0 Å². The first-order chi connectivity index (χ1) is 8.28. The van der Waals surface area contributed by atoms with E-state index in [1.807, 2.05) is 35.9 Å². The maximum Gasteiger partial charge on any atom is 0.230 e. The second kappa shape index (κ2) is 5.84. The highest BCUT2D eigenvalue weighted by Gasteiger charge is 2.05. The summed E-state index contributed by atoms with van der Waals surface area (Å²) in [4.78, 5) is 16.9. The summed E-state index contributed by atoms with van der Waals surface area (Å²) in [6.45, 7) is 0. The lowest BCUT2D eigenvalue weighted by molar-refractivity contribution is -0.115. The Morgan fingerprint density at radius 2 is 2.18 bits per heavy atom. The zero-order valence-corrected chi connectivity index (χ0v) is 11.0. The molecule has 0 unspecified atom stereocenters. The van der Waals surface area contributed by atoms with Crippen LogP contribution in [0.25, 0.3) is 0 Å². The summed E-state index contributed by atoms with van der Waals surface area (Å²) in [5, 5.41) is 5.25. The molecule has 3 nitrogen and oxygen atoms in total. The second-order valence-corrected chi connectivity index (χ2v) is 5.18. The number of nitrogens with one attached hydrogen (secondary N) is 1. The molecule has 1 aromatic carbocycles. The number of thioether (sulfide) groups is 1. The van der Waals surface area contributed by atoms with E-state index in [2.05, 4.69) is 10.3 Å². The van der Waals surface area contributed by atoms with Gasteiger partial charge in [0.05, 0.1) is 6.42 Å². The quantitative estimate of drug-likeness (QED) is 0.863. The minimum atomic E-state index is -0.0307. The standard InChI is InChI=1S/C12H12N2OS2/c1-16-10-4-2-9(3-5-10)8-11(15)14-12-13-6-7-17-12/h2-7H,8H2,1H3,(H,13,14,15). The Labute approximate surface area is 108 Å². The van der Waals surface area contributed by atoms with E-state index in [9.17, 15) is 4.79 Å². The van der Waals surface area contributed by atoms with Crippen LogP contribution in [-0.4, -0.2) is 17.1 Å². The summed E-state index contributed by atoms with van der Waals surface area (Å²) in [5.74, 6) is -0.0307. The zero-order valence-electron chi connectivity index (χ0n) is 9.34. The fourth-order valence-electron chi connectivity index (χ4n) is 1.38. The molecule has 0 atom stereocenters. The van der Waals surface area contributed by atoms with Crippen LogP contribution in [0.2, 0.25) is 0 Å². The number of carbonyl (C=O) groups is 1. The van der Waals surface area contributed by atoms with Gasteiger partial charge in [0.1, 0.15) is 0 Å². The van der Waals surface area contributed by atoms with Crippen LogP contribution in [0.1, 0.15) is 5.56 Å². The first-order valence-corrected chi connectivity index (χ1v) is 7.20. The van der Waals surface area contributed by atoms with Crippen molar-refractivity contribution >= 4 is 34.1 Å². The first kappa shape index (κ1) is 12.1. The van der Waals surface area contributed by atoms with Crippen LogP contribution in [-0.2, 0) is 11.2 Å². The molecule has 1 heterocycles. The average Bonchev–Trinajstić information content (AvgIpc) is 2.82. The van der Waals surface area contributed by atoms with Crippen molar-refractivity contribution < 1.29 is 4.79 Å². The van der Waals surface area contributed by atoms with Crippen molar-refractivity contribution in [3.05, 3.63) is 41.4 Å². The molecule has 2 aromatic rings. The van der Waals surface area contributed by atoms with Crippen molar-refractivity contribution in [1.29, 1.82) is 0 Å². The molecule has 17 heavy (non-hydrogen) atoms. The Bertz CT molecular complexity index is 480. The Morgan fingerprint density at radius 3 is 2.76 bits per heavy atom. The van der Waals surface area contributed by atoms with E-state index >= 15 is 0 Å². The molecular weight excluding hydrogens is 252 g/mol. The van der Waals surface area contributed by atoms with Crippen molar-refractivity contribution in [2.24, 2.45) is 0 Å². The van der Waals surface area contributed by atoms with Gasteiger partial charge in [-0.05, 0) is 24.0 Å². The summed E-state index contributed by atoms with van der Waals surface area (Å²) in [6, 6.07) is 8.01. The molecule has 2 rings (SSSR count). The Balaban J connectivity index is 1.93. The third-order valence-electron chi connectivity index (χ3n) is 2.20. The molecule has 0 aliphatic heterocycles. The minimum absolute atomic E-state index is 0.0307. The first-order valence-electron chi connectivity index (χ1n) is 5.10. The smallest absolute Gasteiger partial charge is 0.230 e. The maximum atomic E-state index is 11.7. The van der Waals surface area contributed by atoms with E-state index in [-0.39, 0.29) is 5.91 Å². The number of amides is 1. The van der Waals surface area contributed by atoms with Crippen LogP contribution in [0.15, 0.2) is 40.7 Å². The van der Waals surface area contributed by atoms with Gasteiger partial charge in [0.15, 0.2) is 5.13 Å². The number of rotatable bonds is 4. The van der Waals surface area contributed by atoms with Crippen LogP contribution < -0.4 is 5.32 Å². The summed E-state index contributed by atoms with van der Waals surface area (Å²) < 4.78 is 0. The van der Waals surface area contributed by atoms with E-state index in [1.165, 1.54) is 16.2 Å². The van der Waals surface area contributed by atoms with E-state index in [1.54, 1.807) is 18.0 Å². The molecular formula is C12H12N2OS2. The van der Waals surface area contributed by atoms with Crippen LogP contribution in [0.5, 0.6) is 0 Å². The molecule has 5 heteroatoms. The molecule has 1 aromatic heterocycles. The van der Waals surface area contributed by atoms with Crippen LogP contribution in [0.3, 0.4) is 0 Å². The number of thiazole rings is 1. The van der Waals surface area contributed by atoms with Gasteiger partial charge in [0.2, 0.25) is 5.91 Å². The van der Waals surface area contributed by atoms with Crippen LogP contribution in [0, 0.1) is 0 Å². The molecule has 0 aliphatic rings. The highest BCUT2D eigenvalue weighted by molar-refractivity contribution is 7.98. The van der Waals surface area contributed by atoms with Gasteiger partial charge in [-0.15, -0.1) is 23.1 Å². The molecule has 0 saturated carbocycles. The van der Waals surface area contributed by atoms with E-state index in [4.69, 9.17) is 0 Å². The van der Waals surface area contributed by atoms with Gasteiger partial charge < -0.3 is 5.32 Å². The van der Waals surface area contributed by atoms with Gasteiger partial charge in [-0.2, -0.15) is 0 Å². The molecule has 88 valence electrons. The van der Waals surface area contributed by atoms with E-state index in [0.717, 1.165) is 5.56 Å². The number of benzene rings is 1. The van der Waals surface area contributed by atoms with Gasteiger partial charge in [0, 0.05) is 16.5 Å². The fourth-order valence-corrected chi connectivity index (χ4v) is 2.33. The van der Waals surface area contributed by atoms with Gasteiger partial charge in [-0.1, -0.05) is 12.1 Å². The topological polar surface area (TPSA) is 42.0 Å². The predicted octanol–water partition coefficient (Wildman–Crippen LogP) is 3.05. The summed E-state index contributed by atoms with van der Waals surface area (Å²) in [7, 11) is 0.